The Morgan fingerprint density at radius 2 is 2.35 bits per heavy atom. The number of nitrogens with zero attached hydrogens (tertiary/aromatic N) is 3. The molecule has 1 N–H and O–H groups in total. The molecule has 0 saturated heterocycles. The van der Waals surface area contributed by atoms with Gasteiger partial charge in [0, 0.05) is 26.0 Å². The average molecular weight is 226 g/mol. The molecule has 86 valence electrons. The highest BCUT2D eigenvalue weighted by Crippen LogP contribution is 2.13. The summed E-state index contributed by atoms with van der Waals surface area (Å²) < 4.78 is 1.83. The molecule has 2 aromatic heterocycles. The summed E-state index contributed by atoms with van der Waals surface area (Å²) in [6, 6.07) is 7.94. The van der Waals surface area contributed by atoms with Gasteiger partial charge in [0.1, 0.15) is 11.8 Å². The first kappa shape index (κ1) is 11.2. The number of hydrogen-bond acceptors (Lipinski definition) is 3. The molecule has 2 rings (SSSR count). The van der Waals surface area contributed by atoms with Gasteiger partial charge < -0.3 is 9.88 Å². The molecule has 0 unspecified atom stereocenters. The first-order valence-electron chi connectivity index (χ1n) is 5.41. The molecule has 2 aromatic rings. The van der Waals surface area contributed by atoms with Gasteiger partial charge in [0.25, 0.3) is 0 Å². The van der Waals surface area contributed by atoms with E-state index >= 15 is 0 Å². The number of aromatic nitrogens is 2. The largest absolute Gasteiger partial charge is 0.379 e. The van der Waals surface area contributed by atoms with Crippen LogP contribution in [0.1, 0.15) is 17.0 Å². The first-order valence-corrected chi connectivity index (χ1v) is 5.41. The van der Waals surface area contributed by atoms with Crippen molar-refractivity contribution in [1.29, 1.82) is 5.26 Å². The first-order chi connectivity index (χ1) is 8.20. The molecule has 0 aromatic carbocycles. The lowest BCUT2D eigenvalue weighted by Crippen LogP contribution is -2.00. The molecule has 0 bridgehead atoms. The Bertz CT molecular complexity index is 563. The molecule has 4 heteroatoms. The van der Waals surface area contributed by atoms with Crippen molar-refractivity contribution in [3.63, 3.8) is 0 Å². The van der Waals surface area contributed by atoms with Crippen LogP contribution in [0.4, 0.5) is 5.69 Å². The smallest absolute Gasteiger partial charge is 0.120 e. The van der Waals surface area contributed by atoms with E-state index < -0.39 is 0 Å². The molecule has 0 aliphatic heterocycles. The molecule has 0 spiro atoms. The molecule has 0 aliphatic carbocycles. The molecule has 4 nitrogen and oxygen atoms in total. The van der Waals surface area contributed by atoms with Gasteiger partial charge in [-0.05, 0) is 30.7 Å². The summed E-state index contributed by atoms with van der Waals surface area (Å²) in [5.41, 5.74) is 3.76. The van der Waals surface area contributed by atoms with Crippen molar-refractivity contribution < 1.29 is 0 Å². The summed E-state index contributed by atoms with van der Waals surface area (Å²) in [4.78, 5) is 4.21. The van der Waals surface area contributed by atoms with Crippen LogP contribution >= 0.6 is 0 Å². The van der Waals surface area contributed by atoms with Crippen molar-refractivity contribution in [1.82, 2.24) is 9.55 Å². The van der Waals surface area contributed by atoms with E-state index in [1.165, 1.54) is 0 Å². The lowest BCUT2D eigenvalue weighted by molar-refractivity contribution is 0.902. The lowest BCUT2D eigenvalue weighted by atomic mass is 10.2. The maximum Gasteiger partial charge on any atom is 0.120 e. The second-order valence-electron chi connectivity index (χ2n) is 3.95. The van der Waals surface area contributed by atoms with Crippen LogP contribution in [0.5, 0.6) is 0 Å². The van der Waals surface area contributed by atoms with E-state index in [9.17, 15) is 0 Å². The van der Waals surface area contributed by atoms with Crippen LogP contribution in [0.15, 0.2) is 30.6 Å². The third-order valence-electron chi connectivity index (χ3n) is 2.67. The second kappa shape index (κ2) is 4.71. The highest BCUT2D eigenvalue weighted by atomic mass is 14.9. The second-order valence-corrected chi connectivity index (χ2v) is 3.95. The molecule has 0 amide bonds. The Balaban J connectivity index is 2.08. The molecule has 0 radical (unpaired) electrons. The predicted octanol–water partition coefficient (Wildman–Crippen LogP) is 2.21. The standard InChI is InChI=1S/C13H14N4/c1-10-13(4-3-5-15-10)16-8-11-6-12(7-14)17(2)9-11/h3-6,9,16H,8H2,1-2H3. The quantitative estimate of drug-likeness (QED) is 0.873. The van der Waals surface area contributed by atoms with E-state index in [2.05, 4.69) is 16.4 Å². The van der Waals surface area contributed by atoms with Crippen molar-refractivity contribution in [2.24, 2.45) is 7.05 Å². The Morgan fingerprint density at radius 3 is 3.00 bits per heavy atom. The normalized spacial score (nSPS) is 9.94. The SMILES string of the molecule is Cc1ncccc1NCc1cc(C#N)n(C)c1. The van der Waals surface area contributed by atoms with Gasteiger partial charge in [0.15, 0.2) is 0 Å². The number of aryl methyl sites for hydroxylation is 2. The lowest BCUT2D eigenvalue weighted by Gasteiger charge is -2.06. The molecular weight excluding hydrogens is 212 g/mol. The molecular formula is C13H14N4. The maximum atomic E-state index is 8.86. The Hall–Kier alpha value is -2.28. The summed E-state index contributed by atoms with van der Waals surface area (Å²) in [6.45, 7) is 2.66. The number of nitriles is 1. The van der Waals surface area contributed by atoms with E-state index in [0.717, 1.165) is 16.9 Å². The molecule has 2 heterocycles. The fourth-order valence-corrected chi connectivity index (χ4v) is 1.71. The summed E-state index contributed by atoms with van der Waals surface area (Å²) >= 11 is 0. The minimum Gasteiger partial charge on any atom is -0.379 e. The summed E-state index contributed by atoms with van der Waals surface area (Å²) in [6.07, 6.45) is 3.73. The minimum atomic E-state index is 0.671. The van der Waals surface area contributed by atoms with Gasteiger partial charge in [-0.25, -0.2) is 0 Å². The van der Waals surface area contributed by atoms with Gasteiger partial charge in [-0.1, -0.05) is 0 Å². The van der Waals surface area contributed by atoms with Crippen molar-refractivity contribution in [2.75, 3.05) is 5.32 Å². The van der Waals surface area contributed by atoms with Crippen molar-refractivity contribution in [3.05, 3.63) is 47.5 Å². The highest BCUT2D eigenvalue weighted by molar-refractivity contribution is 5.47. The zero-order valence-corrected chi connectivity index (χ0v) is 9.94. The van der Waals surface area contributed by atoms with E-state index in [4.69, 9.17) is 5.26 Å². The Morgan fingerprint density at radius 1 is 1.53 bits per heavy atom. The minimum absolute atomic E-state index is 0.671. The average Bonchev–Trinajstić information content (AvgIpc) is 2.69. The molecule has 0 atom stereocenters. The highest BCUT2D eigenvalue weighted by Gasteiger charge is 2.03. The van der Waals surface area contributed by atoms with Gasteiger partial charge >= 0.3 is 0 Å². The summed E-state index contributed by atoms with van der Waals surface area (Å²) in [7, 11) is 1.87. The van der Waals surface area contributed by atoms with Gasteiger partial charge in [-0.3, -0.25) is 4.98 Å². The number of hydrogen-bond donors (Lipinski definition) is 1. The summed E-state index contributed by atoms with van der Waals surface area (Å²) in [5, 5.41) is 12.2. The Kier molecular flexibility index (Phi) is 3.10. The fraction of sp³-hybridized carbons (Fsp3) is 0.231. The van der Waals surface area contributed by atoms with Gasteiger partial charge in [0.2, 0.25) is 0 Å². The number of nitrogens with one attached hydrogen (secondary N) is 1. The number of rotatable bonds is 3. The van der Waals surface area contributed by atoms with Gasteiger partial charge in [-0.2, -0.15) is 5.26 Å². The molecule has 0 fully saturated rings. The van der Waals surface area contributed by atoms with Crippen molar-refractivity contribution >= 4 is 5.69 Å². The monoisotopic (exact) mass is 226 g/mol. The third-order valence-corrected chi connectivity index (χ3v) is 2.67. The zero-order valence-electron chi connectivity index (χ0n) is 9.94. The van der Waals surface area contributed by atoms with Crippen LogP contribution in [0, 0.1) is 18.3 Å². The summed E-state index contributed by atoms with van der Waals surface area (Å²) in [5.74, 6) is 0. The number of anilines is 1. The molecule has 0 saturated carbocycles. The molecule has 0 aliphatic rings. The third kappa shape index (κ3) is 2.45. The fourth-order valence-electron chi connectivity index (χ4n) is 1.71. The topological polar surface area (TPSA) is 53.6 Å². The van der Waals surface area contributed by atoms with Crippen LogP contribution in [0.3, 0.4) is 0 Å². The van der Waals surface area contributed by atoms with E-state index in [0.29, 0.717) is 12.2 Å². The van der Waals surface area contributed by atoms with E-state index in [1.54, 1.807) is 6.20 Å². The van der Waals surface area contributed by atoms with Crippen LogP contribution in [0.2, 0.25) is 0 Å². The van der Waals surface area contributed by atoms with Crippen LogP contribution in [0.25, 0.3) is 0 Å². The zero-order chi connectivity index (χ0) is 12.3. The van der Waals surface area contributed by atoms with E-state index in [1.807, 2.05) is 42.9 Å². The Labute approximate surface area is 101 Å². The van der Waals surface area contributed by atoms with Crippen LogP contribution < -0.4 is 5.32 Å². The van der Waals surface area contributed by atoms with Crippen molar-refractivity contribution in [3.8, 4) is 6.07 Å². The molecule has 17 heavy (non-hydrogen) atoms. The van der Waals surface area contributed by atoms with Gasteiger partial charge in [-0.15, -0.1) is 0 Å². The van der Waals surface area contributed by atoms with E-state index in [-0.39, 0.29) is 0 Å². The van der Waals surface area contributed by atoms with Crippen LogP contribution in [-0.2, 0) is 13.6 Å². The number of pyridine rings is 1. The maximum absolute atomic E-state index is 8.86. The van der Waals surface area contributed by atoms with Gasteiger partial charge in [0.05, 0.1) is 11.4 Å². The predicted molar refractivity (Wildman–Crippen MR) is 66.4 cm³/mol. The van der Waals surface area contributed by atoms with Crippen LogP contribution in [-0.4, -0.2) is 9.55 Å². The van der Waals surface area contributed by atoms with Crippen molar-refractivity contribution in [2.45, 2.75) is 13.5 Å².